The van der Waals surface area contributed by atoms with Gasteiger partial charge in [-0.15, -0.1) is 0 Å². The van der Waals surface area contributed by atoms with Crippen LogP contribution in [0, 0.1) is 0 Å². The molecule has 0 spiro atoms. The SMILES string of the molecule is CCC(C)N(CC)C(=O)CCNC. The van der Waals surface area contributed by atoms with E-state index in [1.807, 2.05) is 18.9 Å². The van der Waals surface area contributed by atoms with Gasteiger partial charge in [-0.3, -0.25) is 4.79 Å². The van der Waals surface area contributed by atoms with Crippen molar-refractivity contribution in [2.45, 2.75) is 39.7 Å². The van der Waals surface area contributed by atoms with Crippen molar-refractivity contribution in [3.05, 3.63) is 0 Å². The summed E-state index contributed by atoms with van der Waals surface area (Å²) in [6.07, 6.45) is 1.63. The summed E-state index contributed by atoms with van der Waals surface area (Å²) in [4.78, 5) is 13.6. The van der Waals surface area contributed by atoms with Gasteiger partial charge in [-0.2, -0.15) is 0 Å². The second-order valence-corrected chi connectivity index (χ2v) is 3.29. The maximum Gasteiger partial charge on any atom is 0.224 e. The molecule has 1 N–H and O–H groups in total. The Morgan fingerprint density at radius 1 is 1.46 bits per heavy atom. The monoisotopic (exact) mass is 186 g/mol. The maximum atomic E-state index is 11.6. The summed E-state index contributed by atoms with van der Waals surface area (Å²) in [6, 6.07) is 0.370. The molecule has 0 rings (SSSR count). The molecule has 0 aliphatic heterocycles. The molecule has 0 radical (unpaired) electrons. The molecule has 0 fully saturated rings. The van der Waals surface area contributed by atoms with E-state index < -0.39 is 0 Å². The molecule has 0 aromatic rings. The lowest BCUT2D eigenvalue weighted by molar-refractivity contribution is -0.132. The Labute approximate surface area is 81.5 Å². The zero-order valence-electron chi connectivity index (χ0n) is 9.26. The van der Waals surface area contributed by atoms with Crippen LogP contribution in [-0.4, -0.2) is 37.0 Å². The van der Waals surface area contributed by atoms with Crippen LogP contribution in [-0.2, 0) is 4.79 Å². The molecule has 1 amide bonds. The van der Waals surface area contributed by atoms with E-state index in [4.69, 9.17) is 0 Å². The van der Waals surface area contributed by atoms with Gasteiger partial charge >= 0.3 is 0 Å². The van der Waals surface area contributed by atoms with Crippen molar-refractivity contribution in [2.75, 3.05) is 20.1 Å². The Bertz CT molecular complexity index is 148. The Kier molecular flexibility index (Phi) is 6.59. The molecule has 78 valence electrons. The summed E-state index contributed by atoms with van der Waals surface area (Å²) in [5.74, 6) is 0.256. The highest BCUT2D eigenvalue weighted by Gasteiger charge is 2.15. The van der Waals surface area contributed by atoms with Gasteiger partial charge in [0.05, 0.1) is 0 Å². The molecule has 0 heterocycles. The molecule has 13 heavy (non-hydrogen) atoms. The van der Waals surface area contributed by atoms with Crippen molar-refractivity contribution in [1.29, 1.82) is 0 Å². The van der Waals surface area contributed by atoms with E-state index in [2.05, 4.69) is 19.2 Å². The number of hydrogen-bond acceptors (Lipinski definition) is 2. The van der Waals surface area contributed by atoms with Gasteiger partial charge in [0.2, 0.25) is 5.91 Å². The van der Waals surface area contributed by atoms with Gasteiger partial charge in [-0.25, -0.2) is 0 Å². The molecule has 1 atom stereocenters. The minimum Gasteiger partial charge on any atom is -0.340 e. The Balaban J connectivity index is 3.99. The molecule has 0 bridgehead atoms. The molecule has 0 saturated carbocycles. The third kappa shape index (κ3) is 4.27. The predicted molar refractivity (Wildman–Crippen MR) is 55.7 cm³/mol. The highest BCUT2D eigenvalue weighted by Crippen LogP contribution is 2.04. The molecule has 0 aliphatic carbocycles. The second kappa shape index (κ2) is 6.89. The fourth-order valence-corrected chi connectivity index (χ4v) is 1.33. The van der Waals surface area contributed by atoms with E-state index in [0.717, 1.165) is 19.5 Å². The Morgan fingerprint density at radius 3 is 2.46 bits per heavy atom. The predicted octanol–water partition coefficient (Wildman–Crippen LogP) is 1.24. The third-order valence-corrected chi connectivity index (χ3v) is 2.37. The van der Waals surface area contributed by atoms with Gasteiger partial charge in [-0.05, 0) is 27.3 Å². The quantitative estimate of drug-likeness (QED) is 0.677. The molecular formula is C10H22N2O. The fourth-order valence-electron chi connectivity index (χ4n) is 1.33. The Morgan fingerprint density at radius 2 is 2.08 bits per heavy atom. The minimum atomic E-state index is 0.256. The smallest absolute Gasteiger partial charge is 0.224 e. The standard InChI is InChI=1S/C10H22N2O/c1-5-9(3)12(6-2)10(13)7-8-11-4/h9,11H,5-8H2,1-4H3. The van der Waals surface area contributed by atoms with Crippen LogP contribution < -0.4 is 5.32 Å². The summed E-state index contributed by atoms with van der Waals surface area (Å²) < 4.78 is 0. The van der Waals surface area contributed by atoms with Crippen LogP contribution in [0.1, 0.15) is 33.6 Å². The van der Waals surface area contributed by atoms with Crippen molar-refractivity contribution in [3.8, 4) is 0 Å². The highest BCUT2D eigenvalue weighted by atomic mass is 16.2. The van der Waals surface area contributed by atoms with E-state index in [9.17, 15) is 4.79 Å². The summed E-state index contributed by atoms with van der Waals surface area (Å²) in [5, 5.41) is 2.99. The van der Waals surface area contributed by atoms with E-state index in [0.29, 0.717) is 12.5 Å². The van der Waals surface area contributed by atoms with Gasteiger partial charge in [0.25, 0.3) is 0 Å². The molecule has 0 aromatic heterocycles. The summed E-state index contributed by atoms with van der Waals surface area (Å²) in [7, 11) is 1.87. The van der Waals surface area contributed by atoms with Crippen LogP contribution in [0.4, 0.5) is 0 Å². The van der Waals surface area contributed by atoms with E-state index in [1.54, 1.807) is 0 Å². The zero-order valence-corrected chi connectivity index (χ0v) is 9.26. The number of hydrogen-bond donors (Lipinski definition) is 1. The van der Waals surface area contributed by atoms with Crippen molar-refractivity contribution < 1.29 is 4.79 Å². The summed E-state index contributed by atoms with van der Waals surface area (Å²) in [6.45, 7) is 7.83. The molecule has 3 nitrogen and oxygen atoms in total. The lowest BCUT2D eigenvalue weighted by atomic mass is 10.2. The fraction of sp³-hybridized carbons (Fsp3) is 0.900. The first-order valence-corrected chi connectivity index (χ1v) is 5.11. The number of nitrogens with one attached hydrogen (secondary N) is 1. The first-order valence-electron chi connectivity index (χ1n) is 5.11. The molecule has 0 aromatic carbocycles. The van der Waals surface area contributed by atoms with Crippen LogP contribution in [0.3, 0.4) is 0 Å². The number of amides is 1. The third-order valence-electron chi connectivity index (χ3n) is 2.37. The average molecular weight is 186 g/mol. The molecular weight excluding hydrogens is 164 g/mol. The first kappa shape index (κ1) is 12.4. The topological polar surface area (TPSA) is 32.3 Å². The molecule has 0 aliphatic rings. The van der Waals surface area contributed by atoms with E-state index in [-0.39, 0.29) is 5.91 Å². The van der Waals surface area contributed by atoms with Crippen molar-refractivity contribution in [3.63, 3.8) is 0 Å². The van der Waals surface area contributed by atoms with Gasteiger partial charge < -0.3 is 10.2 Å². The van der Waals surface area contributed by atoms with E-state index >= 15 is 0 Å². The average Bonchev–Trinajstić information content (AvgIpc) is 2.15. The highest BCUT2D eigenvalue weighted by molar-refractivity contribution is 5.76. The second-order valence-electron chi connectivity index (χ2n) is 3.29. The zero-order chi connectivity index (χ0) is 10.3. The van der Waals surface area contributed by atoms with Gasteiger partial charge in [0.1, 0.15) is 0 Å². The molecule has 0 saturated heterocycles. The maximum absolute atomic E-state index is 11.6. The summed E-state index contributed by atoms with van der Waals surface area (Å²) in [5.41, 5.74) is 0. The van der Waals surface area contributed by atoms with Crippen LogP contribution in [0.2, 0.25) is 0 Å². The van der Waals surface area contributed by atoms with Crippen LogP contribution in [0.25, 0.3) is 0 Å². The van der Waals surface area contributed by atoms with Crippen LogP contribution in [0.15, 0.2) is 0 Å². The lowest BCUT2D eigenvalue weighted by Crippen LogP contribution is -2.39. The minimum absolute atomic E-state index is 0.256. The number of carbonyl (C=O) groups is 1. The van der Waals surface area contributed by atoms with Gasteiger partial charge in [-0.1, -0.05) is 6.92 Å². The van der Waals surface area contributed by atoms with Crippen molar-refractivity contribution in [1.82, 2.24) is 10.2 Å². The van der Waals surface area contributed by atoms with Crippen LogP contribution in [0.5, 0.6) is 0 Å². The van der Waals surface area contributed by atoms with E-state index in [1.165, 1.54) is 0 Å². The molecule has 3 heteroatoms. The van der Waals surface area contributed by atoms with Crippen molar-refractivity contribution in [2.24, 2.45) is 0 Å². The molecule has 1 unspecified atom stereocenters. The van der Waals surface area contributed by atoms with Crippen molar-refractivity contribution >= 4 is 5.91 Å². The lowest BCUT2D eigenvalue weighted by Gasteiger charge is -2.27. The van der Waals surface area contributed by atoms with Gasteiger partial charge in [0, 0.05) is 25.6 Å². The number of carbonyl (C=O) groups excluding carboxylic acids is 1. The normalized spacial score (nSPS) is 12.6. The Hall–Kier alpha value is -0.570. The van der Waals surface area contributed by atoms with Crippen LogP contribution >= 0.6 is 0 Å². The number of rotatable bonds is 6. The number of nitrogens with zero attached hydrogens (tertiary/aromatic N) is 1. The van der Waals surface area contributed by atoms with Gasteiger partial charge in [0.15, 0.2) is 0 Å². The first-order chi connectivity index (χ1) is 6.17. The summed E-state index contributed by atoms with van der Waals surface area (Å²) >= 11 is 0. The largest absolute Gasteiger partial charge is 0.340 e.